The molecule has 0 saturated carbocycles. The van der Waals surface area contributed by atoms with E-state index in [2.05, 4.69) is 36.1 Å². The van der Waals surface area contributed by atoms with Crippen LogP contribution in [0.2, 0.25) is 0 Å². The molecule has 1 N–H and O–H groups in total. The maximum absolute atomic E-state index is 5.78. The highest BCUT2D eigenvalue weighted by atomic mass is 16.5. The molecular weight excluding hydrogens is 226 g/mol. The molecule has 0 aliphatic carbocycles. The Balaban J connectivity index is 2.84. The molecule has 0 saturated heterocycles. The lowest BCUT2D eigenvalue weighted by Crippen LogP contribution is -2.09. The fourth-order valence-electron chi connectivity index (χ4n) is 1.68. The second-order valence-electron chi connectivity index (χ2n) is 4.82. The second-order valence-corrected chi connectivity index (χ2v) is 4.82. The lowest BCUT2D eigenvalue weighted by molar-refractivity contribution is 0.291. The monoisotopic (exact) mass is 251 g/mol. The minimum absolute atomic E-state index is 0.302. The zero-order valence-corrected chi connectivity index (χ0v) is 12.2. The van der Waals surface area contributed by atoms with E-state index in [1.807, 2.05) is 14.0 Å². The fraction of sp³-hybridized carbons (Fsp3) is 0.714. The number of nitrogens with zero attached hydrogens (tertiary/aromatic N) is 2. The van der Waals surface area contributed by atoms with Crippen molar-refractivity contribution in [3.05, 3.63) is 11.4 Å². The summed E-state index contributed by atoms with van der Waals surface area (Å²) in [5.74, 6) is 2.71. The van der Waals surface area contributed by atoms with Crippen LogP contribution in [0.15, 0.2) is 0 Å². The van der Waals surface area contributed by atoms with Crippen LogP contribution in [0.3, 0.4) is 0 Å². The molecule has 1 aromatic rings. The molecule has 0 fully saturated rings. The van der Waals surface area contributed by atoms with Gasteiger partial charge < -0.3 is 10.1 Å². The van der Waals surface area contributed by atoms with Crippen molar-refractivity contribution in [3.8, 4) is 5.88 Å². The first-order chi connectivity index (χ1) is 8.60. The van der Waals surface area contributed by atoms with Gasteiger partial charge >= 0.3 is 0 Å². The first-order valence-corrected chi connectivity index (χ1v) is 6.79. The molecule has 1 heterocycles. The largest absolute Gasteiger partial charge is 0.477 e. The zero-order chi connectivity index (χ0) is 13.5. The molecule has 0 aliphatic heterocycles. The van der Waals surface area contributed by atoms with Crippen LogP contribution in [0.1, 0.15) is 57.3 Å². The summed E-state index contributed by atoms with van der Waals surface area (Å²) in [6.07, 6.45) is 3.47. The first kappa shape index (κ1) is 14.7. The molecule has 0 spiro atoms. The fourth-order valence-corrected chi connectivity index (χ4v) is 1.68. The van der Waals surface area contributed by atoms with Crippen molar-refractivity contribution >= 4 is 5.82 Å². The molecule has 0 aliphatic rings. The number of nitrogens with one attached hydrogen (secondary N) is 1. The van der Waals surface area contributed by atoms with Crippen LogP contribution >= 0.6 is 0 Å². The van der Waals surface area contributed by atoms with E-state index in [0.717, 1.165) is 30.2 Å². The number of ether oxygens (including phenoxy) is 1. The number of unbranched alkanes of at least 4 members (excludes halogenated alkanes) is 2. The third-order valence-corrected chi connectivity index (χ3v) is 2.86. The Labute approximate surface area is 110 Å². The van der Waals surface area contributed by atoms with Gasteiger partial charge in [-0.05, 0) is 13.3 Å². The van der Waals surface area contributed by atoms with Gasteiger partial charge in [0.1, 0.15) is 11.6 Å². The van der Waals surface area contributed by atoms with E-state index in [1.54, 1.807) is 0 Å². The topological polar surface area (TPSA) is 47.0 Å². The van der Waals surface area contributed by atoms with E-state index in [9.17, 15) is 0 Å². The van der Waals surface area contributed by atoms with Crippen LogP contribution in [0.5, 0.6) is 5.88 Å². The molecule has 0 atom stereocenters. The average molecular weight is 251 g/mol. The first-order valence-electron chi connectivity index (χ1n) is 6.79. The second kappa shape index (κ2) is 7.19. The Morgan fingerprint density at radius 1 is 1.22 bits per heavy atom. The van der Waals surface area contributed by atoms with Gasteiger partial charge in [-0.1, -0.05) is 33.6 Å². The van der Waals surface area contributed by atoms with E-state index >= 15 is 0 Å². The summed E-state index contributed by atoms with van der Waals surface area (Å²) >= 11 is 0. The normalized spacial score (nSPS) is 10.8. The molecular formula is C14H25N3O. The summed E-state index contributed by atoms with van der Waals surface area (Å²) in [6.45, 7) is 9.08. The highest BCUT2D eigenvalue weighted by molar-refractivity contribution is 5.48. The van der Waals surface area contributed by atoms with Crippen molar-refractivity contribution in [3.63, 3.8) is 0 Å². The van der Waals surface area contributed by atoms with Gasteiger partial charge in [0.05, 0.1) is 12.2 Å². The van der Waals surface area contributed by atoms with Crippen LogP contribution in [-0.4, -0.2) is 23.6 Å². The van der Waals surface area contributed by atoms with Crippen molar-refractivity contribution in [2.45, 2.75) is 52.9 Å². The van der Waals surface area contributed by atoms with Crippen molar-refractivity contribution in [1.29, 1.82) is 0 Å². The zero-order valence-electron chi connectivity index (χ0n) is 12.2. The van der Waals surface area contributed by atoms with Gasteiger partial charge in [0.25, 0.3) is 0 Å². The van der Waals surface area contributed by atoms with Crippen molar-refractivity contribution in [2.75, 3.05) is 19.0 Å². The van der Waals surface area contributed by atoms with Crippen LogP contribution in [0.25, 0.3) is 0 Å². The van der Waals surface area contributed by atoms with Crippen LogP contribution in [0, 0.1) is 6.92 Å². The van der Waals surface area contributed by atoms with Crippen molar-refractivity contribution in [2.24, 2.45) is 0 Å². The minimum atomic E-state index is 0.302. The van der Waals surface area contributed by atoms with E-state index in [4.69, 9.17) is 4.74 Å². The lowest BCUT2D eigenvalue weighted by Gasteiger charge is -2.14. The van der Waals surface area contributed by atoms with E-state index in [-0.39, 0.29) is 0 Å². The van der Waals surface area contributed by atoms with Gasteiger partial charge in [0, 0.05) is 13.0 Å². The number of anilines is 1. The molecule has 1 rings (SSSR count). The highest BCUT2D eigenvalue weighted by Gasteiger charge is 2.13. The molecule has 0 bridgehead atoms. The highest BCUT2D eigenvalue weighted by Crippen LogP contribution is 2.24. The minimum Gasteiger partial charge on any atom is -0.477 e. The molecule has 4 nitrogen and oxygen atoms in total. The Kier molecular flexibility index (Phi) is 5.89. The van der Waals surface area contributed by atoms with Gasteiger partial charge in [-0.15, -0.1) is 0 Å². The molecule has 102 valence electrons. The third-order valence-electron chi connectivity index (χ3n) is 2.86. The predicted octanol–water partition coefficient (Wildman–Crippen LogP) is 3.52. The summed E-state index contributed by atoms with van der Waals surface area (Å²) in [5.41, 5.74) is 0.985. The Hall–Kier alpha value is -1.32. The summed E-state index contributed by atoms with van der Waals surface area (Å²) in [7, 11) is 1.88. The Bertz CT molecular complexity index is 378. The van der Waals surface area contributed by atoms with Gasteiger partial charge in [-0.3, -0.25) is 0 Å². The molecule has 18 heavy (non-hydrogen) atoms. The predicted molar refractivity (Wildman–Crippen MR) is 75.4 cm³/mol. The molecule has 0 aromatic carbocycles. The van der Waals surface area contributed by atoms with E-state index in [1.165, 1.54) is 12.8 Å². The molecule has 0 radical (unpaired) electrons. The standard InChI is InChI=1S/C14H25N3O/c1-6-7-8-9-18-14-11(4)13(15-5)16-12(17-14)10(2)3/h10H,6-9H2,1-5H3,(H,15,16,17). The van der Waals surface area contributed by atoms with Crippen molar-refractivity contribution < 1.29 is 4.74 Å². The number of hydrogen-bond acceptors (Lipinski definition) is 4. The summed E-state index contributed by atoms with van der Waals surface area (Å²) in [5, 5.41) is 3.10. The Morgan fingerprint density at radius 3 is 2.50 bits per heavy atom. The van der Waals surface area contributed by atoms with Gasteiger partial charge in [0.15, 0.2) is 0 Å². The SMILES string of the molecule is CCCCCOc1nc(C(C)C)nc(NC)c1C. The van der Waals surface area contributed by atoms with Crippen LogP contribution < -0.4 is 10.1 Å². The molecule has 0 amide bonds. The maximum atomic E-state index is 5.78. The van der Waals surface area contributed by atoms with Gasteiger partial charge in [0.2, 0.25) is 5.88 Å². The third kappa shape index (κ3) is 3.86. The summed E-state index contributed by atoms with van der Waals surface area (Å²) < 4.78 is 5.78. The van der Waals surface area contributed by atoms with Crippen molar-refractivity contribution in [1.82, 2.24) is 9.97 Å². The smallest absolute Gasteiger partial charge is 0.221 e. The number of aromatic nitrogens is 2. The Morgan fingerprint density at radius 2 is 1.94 bits per heavy atom. The van der Waals surface area contributed by atoms with Crippen LogP contribution in [-0.2, 0) is 0 Å². The lowest BCUT2D eigenvalue weighted by atomic mass is 10.2. The summed E-state index contributed by atoms with van der Waals surface area (Å²) in [4.78, 5) is 9.00. The van der Waals surface area contributed by atoms with Gasteiger partial charge in [-0.25, -0.2) is 4.98 Å². The summed E-state index contributed by atoms with van der Waals surface area (Å²) in [6, 6.07) is 0. The van der Waals surface area contributed by atoms with Gasteiger partial charge in [-0.2, -0.15) is 4.98 Å². The molecule has 4 heteroatoms. The molecule has 0 unspecified atom stereocenters. The van der Waals surface area contributed by atoms with E-state index in [0.29, 0.717) is 11.8 Å². The maximum Gasteiger partial charge on any atom is 0.221 e. The van der Waals surface area contributed by atoms with E-state index < -0.39 is 0 Å². The number of rotatable bonds is 7. The van der Waals surface area contributed by atoms with Crippen LogP contribution in [0.4, 0.5) is 5.82 Å². The molecule has 1 aromatic heterocycles. The quantitative estimate of drug-likeness (QED) is 0.753. The average Bonchev–Trinajstić information content (AvgIpc) is 2.36. The number of hydrogen-bond donors (Lipinski definition) is 1.